The molecule has 0 fully saturated rings. The van der Waals surface area contributed by atoms with Crippen LogP contribution >= 0.6 is 11.6 Å². The van der Waals surface area contributed by atoms with Crippen LogP contribution in [0.4, 0.5) is 10.2 Å². The minimum Gasteiger partial charge on any atom is -0.309 e. The highest BCUT2D eigenvalue weighted by Gasteiger charge is 2.23. The third-order valence-corrected chi connectivity index (χ3v) is 5.91. The minimum absolute atomic E-state index is 0.183. The molecule has 0 bridgehead atoms. The molecule has 1 amide bonds. The number of benzene rings is 3. The number of aromatic nitrogens is 3. The Morgan fingerprint density at radius 2 is 1.68 bits per heavy atom. The number of nitriles is 1. The summed E-state index contributed by atoms with van der Waals surface area (Å²) in [6, 6.07) is 22.6. The van der Waals surface area contributed by atoms with E-state index in [4.69, 9.17) is 16.6 Å². The molecule has 8 heteroatoms. The Hall–Kier alpha value is -4.28. The lowest BCUT2D eigenvalue weighted by Gasteiger charge is -2.13. The molecule has 0 spiro atoms. The Morgan fingerprint density at radius 1 is 1.00 bits per heavy atom. The molecule has 0 aliphatic carbocycles. The van der Waals surface area contributed by atoms with Crippen LogP contribution in [-0.2, 0) is 13.0 Å². The zero-order valence-electron chi connectivity index (χ0n) is 17.8. The van der Waals surface area contributed by atoms with Crippen LogP contribution < -0.4 is 5.32 Å². The van der Waals surface area contributed by atoms with E-state index in [-0.39, 0.29) is 34.3 Å². The van der Waals surface area contributed by atoms with Crippen LogP contribution in [-0.4, -0.2) is 20.4 Å². The molecule has 34 heavy (non-hydrogen) atoms. The molecule has 0 saturated carbocycles. The fourth-order valence-electron chi connectivity index (χ4n) is 3.91. The van der Waals surface area contributed by atoms with Gasteiger partial charge in [-0.25, -0.2) is 14.4 Å². The monoisotopic (exact) mass is 469 g/mol. The summed E-state index contributed by atoms with van der Waals surface area (Å²) in [4.78, 5) is 22.4. The summed E-state index contributed by atoms with van der Waals surface area (Å²) in [7, 11) is 0. The van der Waals surface area contributed by atoms with E-state index in [0.29, 0.717) is 34.2 Å². The van der Waals surface area contributed by atoms with Gasteiger partial charge in [0.2, 0.25) is 0 Å². The Kier molecular flexibility index (Phi) is 5.66. The quantitative estimate of drug-likeness (QED) is 0.355. The maximum atomic E-state index is 14.3. The molecule has 3 aromatic carbocycles. The van der Waals surface area contributed by atoms with Crippen molar-refractivity contribution in [1.82, 2.24) is 14.5 Å². The van der Waals surface area contributed by atoms with Crippen LogP contribution in [0.2, 0.25) is 5.02 Å². The number of aryl methyl sites for hydroxylation is 2. The zero-order chi connectivity index (χ0) is 23.7. The van der Waals surface area contributed by atoms with Gasteiger partial charge >= 0.3 is 0 Å². The molecule has 5 rings (SSSR count). The fourth-order valence-corrected chi connectivity index (χ4v) is 4.13. The Morgan fingerprint density at radius 3 is 2.41 bits per heavy atom. The number of carbonyl (C=O) groups is 1. The number of halogens is 2. The number of carbonyl (C=O) groups excluding carboxylic acids is 1. The van der Waals surface area contributed by atoms with E-state index in [1.807, 2.05) is 24.3 Å². The van der Waals surface area contributed by atoms with Crippen molar-refractivity contribution in [2.45, 2.75) is 13.0 Å². The highest BCUT2D eigenvalue weighted by molar-refractivity contribution is 6.34. The standard InChI is InChI=1S/C26H17ClFN5O/c27-19-9-3-2-8-17(19)26(34)32-24-18(15-29)23-25(31-22-12-6-5-11-21(22)30-23)33(24)14-13-16-7-1-4-10-20(16)28/h1-12H,13-14H2,(H,32,34). The lowest BCUT2D eigenvalue weighted by atomic mass is 10.1. The number of fused-ring (bicyclic) bond motifs is 2. The SMILES string of the molecule is N#Cc1c(NC(=O)c2ccccc2Cl)n(CCc2ccccc2F)c2nc3ccccc3nc12. The lowest BCUT2D eigenvalue weighted by Crippen LogP contribution is -2.17. The van der Waals surface area contributed by atoms with Crippen molar-refractivity contribution in [2.75, 3.05) is 5.32 Å². The van der Waals surface area contributed by atoms with E-state index in [2.05, 4.69) is 16.4 Å². The molecule has 2 aromatic heterocycles. The highest BCUT2D eigenvalue weighted by Crippen LogP contribution is 2.30. The van der Waals surface area contributed by atoms with Crippen molar-refractivity contribution in [2.24, 2.45) is 0 Å². The van der Waals surface area contributed by atoms with Gasteiger partial charge in [0.15, 0.2) is 5.65 Å². The Labute approximate surface area is 199 Å². The van der Waals surface area contributed by atoms with E-state index in [1.165, 1.54) is 6.07 Å². The van der Waals surface area contributed by atoms with Gasteiger partial charge < -0.3 is 9.88 Å². The van der Waals surface area contributed by atoms with Gasteiger partial charge in [-0.3, -0.25) is 4.79 Å². The number of amides is 1. The molecule has 2 heterocycles. The van der Waals surface area contributed by atoms with Gasteiger partial charge in [0.25, 0.3) is 5.91 Å². The van der Waals surface area contributed by atoms with Crippen LogP contribution in [0.5, 0.6) is 0 Å². The van der Waals surface area contributed by atoms with E-state index in [9.17, 15) is 14.4 Å². The van der Waals surface area contributed by atoms with Crippen LogP contribution in [0.1, 0.15) is 21.5 Å². The highest BCUT2D eigenvalue weighted by atomic mass is 35.5. The molecule has 0 radical (unpaired) electrons. The maximum absolute atomic E-state index is 14.3. The molecule has 0 atom stereocenters. The minimum atomic E-state index is -0.471. The predicted molar refractivity (Wildman–Crippen MR) is 129 cm³/mol. The summed E-state index contributed by atoms with van der Waals surface area (Å²) in [6.45, 7) is 0.268. The summed E-state index contributed by atoms with van der Waals surface area (Å²) in [5.41, 5.74) is 3.03. The van der Waals surface area contributed by atoms with Gasteiger partial charge in [-0.05, 0) is 42.3 Å². The Bertz CT molecular complexity index is 1600. The number of hydrogen-bond acceptors (Lipinski definition) is 4. The molecule has 6 nitrogen and oxygen atoms in total. The van der Waals surface area contributed by atoms with Crippen molar-refractivity contribution < 1.29 is 9.18 Å². The smallest absolute Gasteiger partial charge is 0.258 e. The van der Waals surface area contributed by atoms with E-state index in [1.54, 1.807) is 47.0 Å². The average Bonchev–Trinajstić information content (AvgIpc) is 3.13. The number of nitrogens with one attached hydrogen (secondary N) is 1. The molecule has 5 aromatic rings. The van der Waals surface area contributed by atoms with Crippen molar-refractivity contribution in [1.29, 1.82) is 5.26 Å². The summed E-state index contributed by atoms with van der Waals surface area (Å²) >= 11 is 6.21. The Balaban J connectivity index is 1.66. The number of nitrogens with zero attached hydrogens (tertiary/aromatic N) is 4. The second-order valence-electron chi connectivity index (χ2n) is 7.65. The van der Waals surface area contributed by atoms with Crippen LogP contribution in [0.15, 0.2) is 72.8 Å². The largest absolute Gasteiger partial charge is 0.309 e. The van der Waals surface area contributed by atoms with E-state index in [0.717, 1.165) is 0 Å². The number of para-hydroxylation sites is 2. The lowest BCUT2D eigenvalue weighted by molar-refractivity contribution is 0.102. The van der Waals surface area contributed by atoms with Gasteiger partial charge in [0, 0.05) is 6.54 Å². The molecule has 0 saturated heterocycles. The first kappa shape index (κ1) is 21.6. The molecule has 0 aliphatic rings. The van der Waals surface area contributed by atoms with Crippen LogP contribution in [0.3, 0.4) is 0 Å². The van der Waals surface area contributed by atoms with Crippen molar-refractivity contribution in [3.63, 3.8) is 0 Å². The molecular weight excluding hydrogens is 453 g/mol. The number of rotatable bonds is 5. The molecule has 0 aliphatic heterocycles. The average molecular weight is 470 g/mol. The first-order valence-electron chi connectivity index (χ1n) is 10.5. The van der Waals surface area contributed by atoms with Crippen LogP contribution in [0, 0.1) is 17.1 Å². The van der Waals surface area contributed by atoms with Crippen molar-refractivity contribution >= 4 is 45.5 Å². The summed E-state index contributed by atoms with van der Waals surface area (Å²) in [5, 5.41) is 13.1. The van der Waals surface area contributed by atoms with Crippen molar-refractivity contribution in [3.8, 4) is 6.07 Å². The fraction of sp³-hybridized carbons (Fsp3) is 0.0769. The second-order valence-corrected chi connectivity index (χ2v) is 8.05. The molecule has 1 N–H and O–H groups in total. The summed E-state index contributed by atoms with van der Waals surface area (Å²) in [5.74, 6) is -0.548. The van der Waals surface area contributed by atoms with Gasteiger partial charge in [0.05, 0.1) is 21.6 Å². The number of anilines is 1. The second kappa shape index (κ2) is 8.93. The third-order valence-electron chi connectivity index (χ3n) is 5.58. The molecule has 166 valence electrons. The first-order chi connectivity index (χ1) is 16.6. The molecular formula is C26H17ClFN5O. The zero-order valence-corrected chi connectivity index (χ0v) is 18.6. The normalized spacial score (nSPS) is 11.0. The van der Waals surface area contributed by atoms with Gasteiger partial charge in [-0.1, -0.05) is 54.1 Å². The maximum Gasteiger partial charge on any atom is 0.258 e. The molecule has 0 unspecified atom stereocenters. The topological polar surface area (TPSA) is 83.6 Å². The third kappa shape index (κ3) is 3.85. The van der Waals surface area contributed by atoms with E-state index < -0.39 is 5.91 Å². The van der Waals surface area contributed by atoms with Gasteiger partial charge in [-0.15, -0.1) is 0 Å². The predicted octanol–water partition coefficient (Wildman–Crippen LogP) is 5.74. The van der Waals surface area contributed by atoms with E-state index >= 15 is 0 Å². The summed E-state index contributed by atoms with van der Waals surface area (Å²) in [6.07, 6.45) is 0.324. The van der Waals surface area contributed by atoms with Crippen molar-refractivity contribution in [3.05, 3.63) is 100 Å². The number of hydrogen-bond donors (Lipinski definition) is 1. The van der Waals surface area contributed by atoms with Gasteiger partial charge in [-0.2, -0.15) is 5.26 Å². The summed E-state index contributed by atoms with van der Waals surface area (Å²) < 4.78 is 16.0. The first-order valence-corrected chi connectivity index (χ1v) is 10.9. The van der Waals surface area contributed by atoms with Crippen LogP contribution in [0.25, 0.3) is 22.2 Å². The van der Waals surface area contributed by atoms with Gasteiger partial charge in [0.1, 0.15) is 28.8 Å².